The number of carbonyl (C=O) groups is 1. The van der Waals surface area contributed by atoms with Crippen molar-refractivity contribution >= 4 is 34.2 Å². The normalized spacial score (nSPS) is 10.9. The average molecular weight is 314 g/mol. The van der Waals surface area contributed by atoms with Gasteiger partial charge < -0.3 is 9.88 Å². The number of halogens is 1. The van der Waals surface area contributed by atoms with E-state index in [1.54, 1.807) is 12.3 Å². The SMILES string of the molecule is CCn1cc(C(=O)Nc2ccc(Cl)cc2C)c2cccnc21. The highest BCUT2D eigenvalue weighted by Crippen LogP contribution is 2.23. The van der Waals surface area contributed by atoms with Gasteiger partial charge in [0.25, 0.3) is 5.91 Å². The van der Waals surface area contributed by atoms with Gasteiger partial charge in [0.15, 0.2) is 0 Å². The zero-order chi connectivity index (χ0) is 15.7. The zero-order valence-electron chi connectivity index (χ0n) is 12.4. The molecule has 2 heterocycles. The van der Waals surface area contributed by atoms with Crippen LogP contribution in [0.5, 0.6) is 0 Å². The smallest absolute Gasteiger partial charge is 0.257 e. The Morgan fingerprint density at radius 1 is 1.36 bits per heavy atom. The van der Waals surface area contributed by atoms with Crippen LogP contribution in [0.4, 0.5) is 5.69 Å². The Hall–Kier alpha value is -2.33. The van der Waals surface area contributed by atoms with Crippen molar-refractivity contribution in [2.24, 2.45) is 0 Å². The molecule has 0 aliphatic rings. The number of amides is 1. The van der Waals surface area contributed by atoms with Crippen LogP contribution >= 0.6 is 11.6 Å². The molecule has 2 aromatic heterocycles. The van der Waals surface area contributed by atoms with Crippen LogP contribution in [0.3, 0.4) is 0 Å². The lowest BCUT2D eigenvalue weighted by atomic mass is 10.1. The molecule has 0 radical (unpaired) electrons. The summed E-state index contributed by atoms with van der Waals surface area (Å²) in [5.41, 5.74) is 3.14. The van der Waals surface area contributed by atoms with Crippen molar-refractivity contribution in [2.45, 2.75) is 20.4 Å². The summed E-state index contributed by atoms with van der Waals surface area (Å²) in [4.78, 5) is 17.0. The summed E-state index contributed by atoms with van der Waals surface area (Å²) in [7, 11) is 0. The zero-order valence-corrected chi connectivity index (χ0v) is 13.2. The van der Waals surface area contributed by atoms with Crippen molar-refractivity contribution in [1.29, 1.82) is 0 Å². The Balaban J connectivity index is 1.99. The maximum absolute atomic E-state index is 12.6. The number of carbonyl (C=O) groups excluding carboxylic acids is 1. The van der Waals surface area contributed by atoms with Gasteiger partial charge in [-0.3, -0.25) is 4.79 Å². The van der Waals surface area contributed by atoms with Crippen LogP contribution in [0.25, 0.3) is 11.0 Å². The van der Waals surface area contributed by atoms with Gasteiger partial charge in [-0.2, -0.15) is 0 Å². The first-order valence-electron chi connectivity index (χ1n) is 7.11. The Morgan fingerprint density at radius 2 is 2.18 bits per heavy atom. The molecule has 0 saturated carbocycles. The predicted octanol–water partition coefficient (Wildman–Crippen LogP) is 4.27. The van der Waals surface area contributed by atoms with Crippen LogP contribution in [0.15, 0.2) is 42.7 Å². The molecule has 0 spiro atoms. The second-order valence-electron chi connectivity index (χ2n) is 5.12. The summed E-state index contributed by atoms with van der Waals surface area (Å²) in [6, 6.07) is 9.16. The molecule has 22 heavy (non-hydrogen) atoms. The average Bonchev–Trinajstić information content (AvgIpc) is 2.89. The molecule has 0 unspecified atom stereocenters. The minimum Gasteiger partial charge on any atom is -0.332 e. The highest BCUT2D eigenvalue weighted by Gasteiger charge is 2.16. The van der Waals surface area contributed by atoms with Gasteiger partial charge in [-0.15, -0.1) is 0 Å². The number of benzene rings is 1. The lowest BCUT2D eigenvalue weighted by Gasteiger charge is -2.08. The summed E-state index contributed by atoms with van der Waals surface area (Å²) in [6.45, 7) is 4.71. The van der Waals surface area contributed by atoms with Gasteiger partial charge in [0.1, 0.15) is 5.65 Å². The number of aryl methyl sites for hydroxylation is 2. The monoisotopic (exact) mass is 313 g/mol. The maximum atomic E-state index is 12.6. The fourth-order valence-corrected chi connectivity index (χ4v) is 2.73. The minimum atomic E-state index is -0.143. The van der Waals surface area contributed by atoms with Crippen molar-refractivity contribution < 1.29 is 4.79 Å². The molecule has 3 aromatic rings. The maximum Gasteiger partial charge on any atom is 0.257 e. The first-order valence-corrected chi connectivity index (χ1v) is 7.49. The van der Waals surface area contributed by atoms with Crippen LogP contribution in [-0.2, 0) is 6.54 Å². The molecule has 0 fully saturated rings. The Kier molecular flexibility index (Phi) is 3.86. The molecule has 1 aromatic carbocycles. The first-order chi connectivity index (χ1) is 10.6. The summed E-state index contributed by atoms with van der Waals surface area (Å²) >= 11 is 5.95. The van der Waals surface area contributed by atoms with E-state index in [4.69, 9.17) is 11.6 Å². The van der Waals surface area contributed by atoms with E-state index < -0.39 is 0 Å². The minimum absolute atomic E-state index is 0.143. The molecule has 0 saturated heterocycles. The van der Waals surface area contributed by atoms with E-state index in [0.29, 0.717) is 10.6 Å². The molecule has 0 atom stereocenters. The number of hydrogen-bond donors (Lipinski definition) is 1. The molecule has 3 rings (SSSR count). The van der Waals surface area contributed by atoms with Gasteiger partial charge in [-0.1, -0.05) is 11.6 Å². The Bertz CT molecular complexity index is 854. The molecule has 0 aliphatic carbocycles. The molecule has 1 amide bonds. The summed E-state index contributed by atoms with van der Waals surface area (Å²) in [6.07, 6.45) is 3.58. The van der Waals surface area contributed by atoms with E-state index >= 15 is 0 Å². The second-order valence-corrected chi connectivity index (χ2v) is 5.55. The van der Waals surface area contributed by atoms with Crippen molar-refractivity contribution in [3.8, 4) is 0 Å². The number of rotatable bonds is 3. The number of fused-ring (bicyclic) bond motifs is 1. The van der Waals surface area contributed by atoms with Gasteiger partial charge in [-0.25, -0.2) is 4.98 Å². The molecule has 5 heteroatoms. The van der Waals surface area contributed by atoms with E-state index in [1.165, 1.54) is 0 Å². The number of hydrogen-bond acceptors (Lipinski definition) is 2. The Labute approximate surface area is 133 Å². The lowest BCUT2D eigenvalue weighted by molar-refractivity contribution is 0.102. The first kappa shape index (κ1) is 14.6. The third-order valence-electron chi connectivity index (χ3n) is 3.66. The van der Waals surface area contributed by atoms with Crippen molar-refractivity contribution in [3.05, 3.63) is 58.9 Å². The van der Waals surface area contributed by atoms with Gasteiger partial charge in [0.05, 0.1) is 5.56 Å². The quantitative estimate of drug-likeness (QED) is 0.785. The van der Waals surface area contributed by atoms with E-state index in [9.17, 15) is 4.79 Å². The fraction of sp³-hybridized carbons (Fsp3) is 0.176. The van der Waals surface area contributed by atoms with E-state index in [-0.39, 0.29) is 5.91 Å². The van der Waals surface area contributed by atoms with E-state index in [1.807, 2.05) is 48.9 Å². The summed E-state index contributed by atoms with van der Waals surface area (Å²) in [5.74, 6) is -0.143. The number of anilines is 1. The third kappa shape index (κ3) is 2.57. The number of nitrogens with zero attached hydrogens (tertiary/aromatic N) is 2. The van der Waals surface area contributed by atoms with Crippen molar-refractivity contribution in [2.75, 3.05) is 5.32 Å². The van der Waals surface area contributed by atoms with Gasteiger partial charge in [0, 0.05) is 35.0 Å². The number of aromatic nitrogens is 2. The molecule has 0 bridgehead atoms. The fourth-order valence-electron chi connectivity index (χ4n) is 2.50. The number of nitrogens with one attached hydrogen (secondary N) is 1. The van der Waals surface area contributed by atoms with Crippen molar-refractivity contribution in [1.82, 2.24) is 9.55 Å². The van der Waals surface area contributed by atoms with Gasteiger partial charge >= 0.3 is 0 Å². The Morgan fingerprint density at radius 3 is 2.91 bits per heavy atom. The highest BCUT2D eigenvalue weighted by molar-refractivity contribution is 6.30. The summed E-state index contributed by atoms with van der Waals surface area (Å²) in [5, 5.41) is 4.45. The highest BCUT2D eigenvalue weighted by atomic mass is 35.5. The lowest BCUT2D eigenvalue weighted by Crippen LogP contribution is -2.12. The molecule has 1 N–H and O–H groups in total. The predicted molar refractivity (Wildman–Crippen MR) is 89.5 cm³/mol. The van der Waals surface area contributed by atoms with E-state index in [0.717, 1.165) is 28.8 Å². The van der Waals surface area contributed by atoms with Crippen molar-refractivity contribution in [3.63, 3.8) is 0 Å². The van der Waals surface area contributed by atoms with E-state index in [2.05, 4.69) is 10.3 Å². The molecular formula is C17H16ClN3O. The molecule has 112 valence electrons. The van der Waals surface area contributed by atoms with Crippen LogP contribution < -0.4 is 5.32 Å². The molecular weight excluding hydrogens is 298 g/mol. The standard InChI is InChI=1S/C17H16ClN3O/c1-3-21-10-14(13-5-4-8-19-16(13)21)17(22)20-15-7-6-12(18)9-11(15)2/h4-10H,3H2,1-2H3,(H,20,22). The molecule has 0 aliphatic heterocycles. The van der Waals surface area contributed by atoms with Crippen LogP contribution in [0.2, 0.25) is 5.02 Å². The van der Waals surface area contributed by atoms with Crippen LogP contribution in [-0.4, -0.2) is 15.5 Å². The topological polar surface area (TPSA) is 46.9 Å². The number of pyridine rings is 1. The largest absolute Gasteiger partial charge is 0.332 e. The molecule has 4 nitrogen and oxygen atoms in total. The second kappa shape index (κ2) is 5.81. The third-order valence-corrected chi connectivity index (χ3v) is 3.89. The van der Waals surface area contributed by atoms with Gasteiger partial charge in [0.2, 0.25) is 0 Å². The van der Waals surface area contributed by atoms with Gasteiger partial charge in [-0.05, 0) is 49.7 Å². The van der Waals surface area contributed by atoms with Crippen LogP contribution in [0, 0.1) is 6.92 Å². The summed E-state index contributed by atoms with van der Waals surface area (Å²) < 4.78 is 1.97. The van der Waals surface area contributed by atoms with Crippen LogP contribution in [0.1, 0.15) is 22.8 Å².